The first-order chi connectivity index (χ1) is 10.6. The van der Waals surface area contributed by atoms with Gasteiger partial charge in [0, 0.05) is 32.8 Å². The highest BCUT2D eigenvalue weighted by molar-refractivity contribution is 6.74. The second-order valence-electron chi connectivity index (χ2n) is 8.13. The minimum atomic E-state index is -1.58. The maximum Gasteiger partial charge on any atom is 0.407 e. The molecule has 1 aliphatic rings. The smallest absolute Gasteiger partial charge is 0.407 e. The second-order valence-corrected chi connectivity index (χ2v) is 12.9. The summed E-state index contributed by atoms with van der Waals surface area (Å²) in [6.45, 7) is 16.5. The molecule has 23 heavy (non-hydrogen) atoms. The van der Waals surface area contributed by atoms with E-state index in [0.717, 1.165) is 32.7 Å². The quantitative estimate of drug-likeness (QED) is 0.536. The summed E-state index contributed by atoms with van der Waals surface area (Å²) < 4.78 is 6.19. The summed E-state index contributed by atoms with van der Waals surface area (Å²) in [5.41, 5.74) is 0. The van der Waals surface area contributed by atoms with Gasteiger partial charge in [-0.2, -0.15) is 0 Å². The lowest BCUT2D eigenvalue weighted by Gasteiger charge is -2.36. The zero-order valence-electron chi connectivity index (χ0n) is 15.7. The molecule has 1 heterocycles. The highest BCUT2D eigenvalue weighted by Crippen LogP contribution is 2.36. The van der Waals surface area contributed by atoms with Gasteiger partial charge in [-0.25, -0.2) is 4.79 Å². The molecule has 1 aliphatic heterocycles. The van der Waals surface area contributed by atoms with Crippen molar-refractivity contribution in [3.05, 3.63) is 0 Å². The molecular formula is C17H36N2O3Si. The molecule has 0 saturated carbocycles. The highest BCUT2D eigenvalue weighted by atomic mass is 28.4. The number of piperazine rings is 1. The molecule has 6 heteroatoms. The second kappa shape index (κ2) is 9.04. The zero-order valence-corrected chi connectivity index (χ0v) is 16.7. The molecule has 1 rings (SSSR count). The Balaban J connectivity index is 2.01. The first-order valence-electron chi connectivity index (χ1n) is 8.98. The van der Waals surface area contributed by atoms with Gasteiger partial charge in [-0.05, 0) is 37.5 Å². The molecule has 0 spiro atoms. The highest BCUT2D eigenvalue weighted by Gasteiger charge is 2.36. The van der Waals surface area contributed by atoms with E-state index in [2.05, 4.69) is 38.8 Å². The average Bonchev–Trinajstić information content (AvgIpc) is 2.45. The van der Waals surface area contributed by atoms with Crippen LogP contribution in [0.2, 0.25) is 18.1 Å². The molecule has 0 bridgehead atoms. The predicted octanol–water partition coefficient (Wildman–Crippen LogP) is 3.86. The van der Waals surface area contributed by atoms with E-state index in [1.54, 1.807) is 0 Å². The van der Waals surface area contributed by atoms with Crippen LogP contribution in [0.1, 0.15) is 46.5 Å². The van der Waals surface area contributed by atoms with E-state index in [0.29, 0.717) is 18.1 Å². The van der Waals surface area contributed by atoms with Crippen LogP contribution in [0.25, 0.3) is 0 Å². The molecule has 1 amide bonds. The normalized spacial score (nSPS) is 17.5. The minimum Gasteiger partial charge on any atom is -0.465 e. The first kappa shape index (κ1) is 20.5. The number of rotatable bonds is 8. The van der Waals surface area contributed by atoms with E-state index < -0.39 is 14.4 Å². The van der Waals surface area contributed by atoms with Crippen LogP contribution < -0.4 is 0 Å². The van der Waals surface area contributed by atoms with Gasteiger partial charge in [-0.1, -0.05) is 33.6 Å². The van der Waals surface area contributed by atoms with Crippen molar-refractivity contribution in [1.82, 2.24) is 9.80 Å². The van der Waals surface area contributed by atoms with Crippen molar-refractivity contribution in [2.24, 2.45) is 0 Å². The molecule has 1 N–H and O–H groups in total. The summed E-state index contributed by atoms with van der Waals surface area (Å²) in [7, 11) is -1.58. The number of amides is 1. The van der Waals surface area contributed by atoms with Crippen LogP contribution in [0, 0.1) is 0 Å². The van der Waals surface area contributed by atoms with Crippen LogP contribution in [0.5, 0.6) is 0 Å². The summed E-state index contributed by atoms with van der Waals surface area (Å²) >= 11 is 0. The van der Waals surface area contributed by atoms with Gasteiger partial charge in [0.1, 0.15) is 0 Å². The van der Waals surface area contributed by atoms with Crippen molar-refractivity contribution in [3.63, 3.8) is 0 Å². The lowest BCUT2D eigenvalue weighted by molar-refractivity contribution is 0.105. The summed E-state index contributed by atoms with van der Waals surface area (Å²) in [4.78, 5) is 14.7. The number of hydrogen-bond acceptors (Lipinski definition) is 3. The molecule has 1 fully saturated rings. The number of hydrogen-bond donors (Lipinski definition) is 1. The van der Waals surface area contributed by atoms with Gasteiger partial charge >= 0.3 is 6.09 Å². The molecule has 0 aromatic carbocycles. The molecule has 5 nitrogen and oxygen atoms in total. The predicted molar refractivity (Wildman–Crippen MR) is 97.7 cm³/mol. The van der Waals surface area contributed by atoms with Crippen LogP contribution in [-0.2, 0) is 4.43 Å². The zero-order chi connectivity index (χ0) is 17.5. The Morgan fingerprint density at radius 1 is 1.04 bits per heavy atom. The van der Waals surface area contributed by atoms with Crippen LogP contribution in [-0.4, -0.2) is 68.6 Å². The largest absolute Gasteiger partial charge is 0.465 e. The molecule has 0 aromatic heterocycles. The first-order valence-corrected chi connectivity index (χ1v) is 11.9. The van der Waals surface area contributed by atoms with E-state index in [4.69, 9.17) is 9.53 Å². The SMILES string of the molecule is CC(C)(C)[Si](C)(C)OCCCCCCN1CCN(C(=O)O)CC1. The Kier molecular flexibility index (Phi) is 8.04. The fourth-order valence-electron chi connectivity index (χ4n) is 2.50. The molecule has 1 saturated heterocycles. The maximum atomic E-state index is 10.9. The van der Waals surface area contributed by atoms with Crippen LogP contribution in [0.15, 0.2) is 0 Å². The van der Waals surface area contributed by atoms with E-state index >= 15 is 0 Å². The van der Waals surface area contributed by atoms with Crippen molar-refractivity contribution in [3.8, 4) is 0 Å². The molecule has 0 radical (unpaired) electrons. The average molecular weight is 345 g/mol. The van der Waals surface area contributed by atoms with Crippen molar-refractivity contribution >= 4 is 14.4 Å². The number of unbranched alkanes of at least 4 members (excludes halogenated alkanes) is 3. The van der Waals surface area contributed by atoms with Gasteiger partial charge in [-0.3, -0.25) is 4.90 Å². The van der Waals surface area contributed by atoms with Crippen molar-refractivity contribution in [2.75, 3.05) is 39.3 Å². The number of carboxylic acid groups (broad SMARTS) is 1. The Bertz CT molecular complexity index is 361. The molecule has 0 atom stereocenters. The van der Waals surface area contributed by atoms with Crippen molar-refractivity contribution < 1.29 is 14.3 Å². The van der Waals surface area contributed by atoms with Crippen LogP contribution in [0.4, 0.5) is 4.79 Å². The van der Waals surface area contributed by atoms with Gasteiger partial charge in [0.25, 0.3) is 0 Å². The van der Waals surface area contributed by atoms with Crippen molar-refractivity contribution in [1.29, 1.82) is 0 Å². The maximum absolute atomic E-state index is 10.9. The van der Waals surface area contributed by atoms with Crippen molar-refractivity contribution in [2.45, 2.75) is 64.6 Å². The minimum absolute atomic E-state index is 0.297. The lowest BCUT2D eigenvalue weighted by atomic mass is 10.2. The summed E-state index contributed by atoms with van der Waals surface area (Å²) in [5.74, 6) is 0. The molecule has 0 aromatic rings. The Labute approximate surface area is 143 Å². The van der Waals surface area contributed by atoms with Gasteiger partial charge in [0.2, 0.25) is 0 Å². The van der Waals surface area contributed by atoms with Gasteiger partial charge in [0.05, 0.1) is 0 Å². The molecule has 136 valence electrons. The third kappa shape index (κ3) is 7.22. The molecule has 0 aliphatic carbocycles. The standard InChI is InChI=1S/C17H36N2O3Si/c1-17(2,3)23(4,5)22-15-9-7-6-8-10-18-11-13-19(14-12-18)16(20)21/h6-15H2,1-5H3,(H,20,21). The van der Waals surface area contributed by atoms with Gasteiger partial charge in [-0.15, -0.1) is 0 Å². The summed E-state index contributed by atoms with van der Waals surface area (Å²) in [6, 6.07) is 0. The molecule has 0 unspecified atom stereocenters. The van der Waals surface area contributed by atoms with E-state index in [1.165, 1.54) is 24.2 Å². The summed E-state index contributed by atoms with van der Waals surface area (Å²) in [5, 5.41) is 9.22. The van der Waals surface area contributed by atoms with E-state index in [-0.39, 0.29) is 0 Å². The Morgan fingerprint density at radius 2 is 1.61 bits per heavy atom. The topological polar surface area (TPSA) is 53.0 Å². The Hall–Kier alpha value is -0.593. The lowest BCUT2D eigenvalue weighted by Crippen LogP contribution is -2.48. The summed E-state index contributed by atoms with van der Waals surface area (Å²) in [6.07, 6.45) is 4.03. The third-order valence-corrected chi connectivity index (χ3v) is 9.82. The Morgan fingerprint density at radius 3 is 2.13 bits per heavy atom. The fraction of sp³-hybridized carbons (Fsp3) is 0.941. The van der Waals surface area contributed by atoms with Crippen LogP contribution in [0.3, 0.4) is 0 Å². The van der Waals surface area contributed by atoms with E-state index in [9.17, 15) is 4.79 Å². The van der Waals surface area contributed by atoms with E-state index in [1.807, 2.05) is 0 Å². The monoisotopic (exact) mass is 344 g/mol. The molecular weight excluding hydrogens is 308 g/mol. The van der Waals surface area contributed by atoms with Gasteiger partial charge in [0.15, 0.2) is 8.32 Å². The number of carbonyl (C=O) groups is 1. The number of nitrogens with zero attached hydrogens (tertiary/aromatic N) is 2. The van der Waals surface area contributed by atoms with Gasteiger partial charge < -0.3 is 14.4 Å². The third-order valence-electron chi connectivity index (χ3n) is 5.28. The fourth-order valence-corrected chi connectivity index (χ4v) is 3.59. The van der Waals surface area contributed by atoms with Crippen LogP contribution >= 0.6 is 0 Å².